The van der Waals surface area contributed by atoms with E-state index in [-0.39, 0.29) is 0 Å². The lowest BCUT2D eigenvalue weighted by atomic mass is 10.2. The molecular formula is C22H19N3O2S. The molecule has 5 nitrogen and oxygen atoms in total. The number of ether oxygens (including phenoxy) is 2. The number of hydrogen-bond donors (Lipinski definition) is 1. The van der Waals surface area contributed by atoms with Crippen molar-refractivity contribution in [3.63, 3.8) is 0 Å². The summed E-state index contributed by atoms with van der Waals surface area (Å²) in [6.45, 7) is 0. The van der Waals surface area contributed by atoms with Crippen molar-refractivity contribution >= 4 is 17.9 Å². The average molecular weight is 389 g/mol. The van der Waals surface area contributed by atoms with Crippen LogP contribution in [0.15, 0.2) is 89.9 Å². The Balaban J connectivity index is 1.56. The number of nitrogens with one attached hydrogen (secondary N) is 1. The smallest absolute Gasteiger partial charge is 0.239 e. The average Bonchev–Trinajstić information content (AvgIpc) is 2.74. The Kier molecular flexibility index (Phi) is 5.89. The van der Waals surface area contributed by atoms with E-state index in [2.05, 4.69) is 32.9 Å². The largest absolute Gasteiger partial charge is 0.439 e. The van der Waals surface area contributed by atoms with Crippen molar-refractivity contribution in [2.45, 2.75) is 12.8 Å². The van der Waals surface area contributed by atoms with Crippen LogP contribution in [0.4, 0.5) is 5.95 Å². The quantitative estimate of drug-likeness (QED) is 0.475. The third kappa shape index (κ3) is 5.14. The summed E-state index contributed by atoms with van der Waals surface area (Å²) in [5, 5.41) is 0. The van der Waals surface area contributed by atoms with Gasteiger partial charge in [-0.2, -0.15) is 9.97 Å². The molecule has 0 saturated heterocycles. The van der Waals surface area contributed by atoms with Gasteiger partial charge in [-0.3, -0.25) is 4.72 Å². The summed E-state index contributed by atoms with van der Waals surface area (Å²) in [6.07, 6.45) is 8.55. The van der Waals surface area contributed by atoms with Crippen LogP contribution >= 0.6 is 11.9 Å². The van der Waals surface area contributed by atoms with Crippen molar-refractivity contribution in [2.24, 2.45) is 0 Å². The zero-order valence-corrected chi connectivity index (χ0v) is 15.9. The number of nitrogens with zero attached hydrogens (tertiary/aromatic N) is 2. The first-order chi connectivity index (χ1) is 13.8. The van der Waals surface area contributed by atoms with E-state index in [0.717, 1.165) is 17.7 Å². The summed E-state index contributed by atoms with van der Waals surface area (Å²) in [5.41, 5.74) is 0. The molecule has 0 amide bonds. The van der Waals surface area contributed by atoms with Gasteiger partial charge in [0.25, 0.3) is 0 Å². The lowest BCUT2D eigenvalue weighted by Crippen LogP contribution is -2.00. The molecule has 1 heterocycles. The molecule has 1 N–H and O–H groups in total. The van der Waals surface area contributed by atoms with Gasteiger partial charge in [-0.05, 0) is 49.1 Å². The van der Waals surface area contributed by atoms with Gasteiger partial charge in [-0.15, -0.1) is 0 Å². The highest BCUT2D eigenvalue weighted by Crippen LogP contribution is 2.29. The van der Waals surface area contributed by atoms with E-state index in [9.17, 15) is 0 Å². The van der Waals surface area contributed by atoms with E-state index in [1.54, 1.807) is 6.07 Å². The topological polar surface area (TPSA) is 56.3 Å². The van der Waals surface area contributed by atoms with Gasteiger partial charge in [0, 0.05) is 4.91 Å². The molecule has 4 rings (SSSR count). The van der Waals surface area contributed by atoms with Gasteiger partial charge in [0.2, 0.25) is 17.7 Å². The van der Waals surface area contributed by atoms with Crippen molar-refractivity contribution in [1.29, 1.82) is 0 Å². The zero-order chi connectivity index (χ0) is 19.0. The highest BCUT2D eigenvalue weighted by atomic mass is 32.2. The SMILES string of the molecule is C1=CC(SNc2nc(Oc3ccccc3)cc(Oc3ccccc3)n2)=CCC1. The minimum Gasteiger partial charge on any atom is -0.439 e. The van der Waals surface area contributed by atoms with Crippen LogP contribution < -0.4 is 14.2 Å². The number of aromatic nitrogens is 2. The lowest BCUT2D eigenvalue weighted by molar-refractivity contribution is 0.435. The van der Waals surface area contributed by atoms with E-state index >= 15 is 0 Å². The second-order valence-electron chi connectivity index (χ2n) is 5.99. The minimum atomic E-state index is 0.406. The highest BCUT2D eigenvalue weighted by Gasteiger charge is 2.10. The maximum atomic E-state index is 5.88. The van der Waals surface area contributed by atoms with Crippen LogP contribution in [-0.4, -0.2) is 9.97 Å². The van der Waals surface area contributed by atoms with Crippen molar-refractivity contribution in [3.8, 4) is 23.3 Å². The maximum absolute atomic E-state index is 5.88. The highest BCUT2D eigenvalue weighted by molar-refractivity contribution is 8.04. The molecule has 0 spiro atoms. The van der Waals surface area contributed by atoms with Crippen LogP contribution in [0.1, 0.15) is 12.8 Å². The first-order valence-electron chi connectivity index (χ1n) is 9.00. The fourth-order valence-electron chi connectivity index (χ4n) is 2.54. The summed E-state index contributed by atoms with van der Waals surface area (Å²) >= 11 is 1.47. The van der Waals surface area contributed by atoms with Crippen LogP contribution in [0.2, 0.25) is 0 Å². The number of allylic oxidation sites excluding steroid dienone is 3. The third-order valence-corrected chi connectivity index (χ3v) is 4.65. The molecule has 0 aliphatic heterocycles. The molecule has 0 atom stereocenters. The van der Waals surface area contributed by atoms with E-state index in [1.165, 1.54) is 11.9 Å². The maximum Gasteiger partial charge on any atom is 0.239 e. The summed E-state index contributed by atoms with van der Waals surface area (Å²) in [7, 11) is 0. The normalized spacial score (nSPS) is 12.9. The summed E-state index contributed by atoms with van der Waals surface area (Å²) in [5.74, 6) is 2.63. The zero-order valence-electron chi connectivity index (χ0n) is 15.1. The van der Waals surface area contributed by atoms with Crippen molar-refractivity contribution < 1.29 is 9.47 Å². The van der Waals surface area contributed by atoms with E-state index < -0.39 is 0 Å². The van der Waals surface area contributed by atoms with E-state index in [1.807, 2.05) is 60.7 Å². The number of benzene rings is 2. The Hall–Kier alpha value is -3.25. The first-order valence-corrected chi connectivity index (χ1v) is 9.81. The second-order valence-corrected chi connectivity index (χ2v) is 6.87. The predicted molar refractivity (Wildman–Crippen MR) is 113 cm³/mol. The second kappa shape index (κ2) is 9.10. The van der Waals surface area contributed by atoms with Crippen LogP contribution in [0.25, 0.3) is 0 Å². The molecule has 3 aromatic rings. The van der Waals surface area contributed by atoms with Crippen molar-refractivity contribution in [1.82, 2.24) is 9.97 Å². The number of hydrogen-bond acceptors (Lipinski definition) is 6. The van der Waals surface area contributed by atoms with Gasteiger partial charge >= 0.3 is 0 Å². The number of rotatable bonds is 7. The van der Waals surface area contributed by atoms with Gasteiger partial charge in [0.1, 0.15) is 11.5 Å². The number of anilines is 1. The van der Waals surface area contributed by atoms with Gasteiger partial charge in [0.05, 0.1) is 6.07 Å². The molecule has 0 saturated carbocycles. The lowest BCUT2D eigenvalue weighted by Gasteiger charge is -2.12. The molecule has 0 fully saturated rings. The molecular weight excluding hydrogens is 370 g/mol. The summed E-state index contributed by atoms with van der Waals surface area (Å²) in [4.78, 5) is 10.1. The molecule has 2 aromatic carbocycles. The fraction of sp³-hybridized carbons (Fsp3) is 0.0909. The molecule has 1 aliphatic rings. The molecule has 0 unspecified atom stereocenters. The molecule has 1 aromatic heterocycles. The van der Waals surface area contributed by atoms with Gasteiger partial charge in [0.15, 0.2) is 0 Å². The Morgan fingerprint density at radius 1 is 0.786 bits per heavy atom. The molecule has 0 radical (unpaired) electrons. The van der Waals surface area contributed by atoms with Gasteiger partial charge in [-0.25, -0.2) is 0 Å². The third-order valence-electron chi connectivity index (χ3n) is 3.83. The Bertz CT molecular complexity index is 916. The van der Waals surface area contributed by atoms with Crippen LogP contribution in [0, 0.1) is 0 Å². The van der Waals surface area contributed by atoms with Crippen molar-refractivity contribution in [2.75, 3.05) is 4.72 Å². The Labute approximate surface area is 168 Å². The molecule has 28 heavy (non-hydrogen) atoms. The molecule has 0 bridgehead atoms. The van der Waals surface area contributed by atoms with E-state index in [0.29, 0.717) is 29.2 Å². The molecule has 6 heteroatoms. The Morgan fingerprint density at radius 3 is 1.93 bits per heavy atom. The number of para-hydroxylation sites is 2. The van der Waals surface area contributed by atoms with Gasteiger partial charge < -0.3 is 9.47 Å². The van der Waals surface area contributed by atoms with Crippen LogP contribution in [-0.2, 0) is 0 Å². The predicted octanol–water partition coefficient (Wildman–Crippen LogP) is 6.36. The van der Waals surface area contributed by atoms with Crippen LogP contribution in [0.5, 0.6) is 23.3 Å². The molecule has 140 valence electrons. The fourth-order valence-corrected chi connectivity index (χ4v) is 3.21. The minimum absolute atomic E-state index is 0.406. The van der Waals surface area contributed by atoms with Crippen LogP contribution in [0.3, 0.4) is 0 Å². The monoisotopic (exact) mass is 389 g/mol. The standard InChI is InChI=1S/C22H19N3O2S/c1-4-10-17(11-5-1)26-20-16-21(27-18-12-6-2-7-13-18)24-22(23-20)25-28-19-14-8-3-9-15-19/h1-2,4-8,10-16H,3,9H2,(H,23,24,25). The van der Waals surface area contributed by atoms with Crippen molar-refractivity contribution in [3.05, 3.63) is 89.9 Å². The summed E-state index contributed by atoms with van der Waals surface area (Å²) in [6, 6.07) is 20.7. The first kappa shape index (κ1) is 18.1. The Morgan fingerprint density at radius 2 is 1.39 bits per heavy atom. The van der Waals surface area contributed by atoms with Gasteiger partial charge in [-0.1, -0.05) is 54.6 Å². The molecule has 1 aliphatic carbocycles. The van der Waals surface area contributed by atoms with E-state index in [4.69, 9.17) is 9.47 Å². The summed E-state index contributed by atoms with van der Waals surface area (Å²) < 4.78 is 14.9.